The smallest absolute Gasteiger partial charge is 0.420 e. The van der Waals surface area contributed by atoms with Gasteiger partial charge in [0.25, 0.3) is 0 Å². The van der Waals surface area contributed by atoms with Crippen LogP contribution in [0.1, 0.15) is 17.3 Å². The van der Waals surface area contributed by atoms with Crippen LogP contribution in [-0.2, 0) is 16.1 Å². The molecule has 0 saturated carbocycles. The van der Waals surface area contributed by atoms with Gasteiger partial charge in [0.15, 0.2) is 11.7 Å². The lowest BCUT2D eigenvalue weighted by Crippen LogP contribution is -2.28. The van der Waals surface area contributed by atoms with Gasteiger partial charge in [-0.15, -0.1) is 0 Å². The predicted molar refractivity (Wildman–Crippen MR) is 98.7 cm³/mol. The molecule has 7 heteroatoms. The van der Waals surface area contributed by atoms with Crippen LogP contribution in [0.4, 0.5) is 0 Å². The van der Waals surface area contributed by atoms with Crippen molar-refractivity contribution < 1.29 is 18.7 Å². The number of oxazole rings is 1. The van der Waals surface area contributed by atoms with E-state index >= 15 is 0 Å². The number of benzene rings is 2. The molecular formula is C20H16N2O5. The van der Waals surface area contributed by atoms with Crippen LogP contribution in [0.25, 0.3) is 22.0 Å². The monoisotopic (exact) mass is 364 g/mol. The van der Waals surface area contributed by atoms with E-state index in [2.05, 4.69) is 4.98 Å². The van der Waals surface area contributed by atoms with Crippen molar-refractivity contribution in [3.8, 4) is 0 Å². The highest BCUT2D eigenvalue weighted by molar-refractivity contribution is 6.10. The highest BCUT2D eigenvalue weighted by Crippen LogP contribution is 2.20. The molecule has 136 valence electrons. The summed E-state index contributed by atoms with van der Waals surface area (Å²) in [7, 11) is 0. The molecule has 1 N–H and O–H groups in total. The molecule has 2 aromatic heterocycles. The number of esters is 1. The number of fused-ring (bicyclic) bond motifs is 2. The van der Waals surface area contributed by atoms with E-state index in [1.807, 2.05) is 24.3 Å². The number of carbonyl (C=O) groups excluding carboxylic acids is 2. The standard InChI is InChI=1S/C20H16N2O5/c1-12(19(24)14-10-21-15-7-3-2-6-13(14)15)26-18(23)11-22-16-8-4-5-9-17(16)27-20(22)25/h2-10,12,21H,11H2,1H3. The summed E-state index contributed by atoms with van der Waals surface area (Å²) >= 11 is 0. The minimum atomic E-state index is -0.981. The molecule has 1 unspecified atom stereocenters. The lowest BCUT2D eigenvalue weighted by atomic mass is 10.1. The van der Waals surface area contributed by atoms with Crippen LogP contribution < -0.4 is 5.76 Å². The summed E-state index contributed by atoms with van der Waals surface area (Å²) in [5.41, 5.74) is 2.17. The summed E-state index contributed by atoms with van der Waals surface area (Å²) in [4.78, 5) is 39.9. The second-order valence-electron chi connectivity index (χ2n) is 6.17. The van der Waals surface area contributed by atoms with Gasteiger partial charge in [-0.3, -0.25) is 14.2 Å². The van der Waals surface area contributed by atoms with E-state index in [9.17, 15) is 14.4 Å². The summed E-state index contributed by atoms with van der Waals surface area (Å²) in [6.07, 6.45) is 0.622. The molecule has 0 spiro atoms. The molecule has 0 aliphatic heterocycles. The van der Waals surface area contributed by atoms with Crippen molar-refractivity contribution >= 4 is 33.8 Å². The minimum absolute atomic E-state index is 0.315. The Morgan fingerprint density at radius 2 is 1.89 bits per heavy atom. The average molecular weight is 364 g/mol. The van der Waals surface area contributed by atoms with Crippen LogP contribution in [0.5, 0.6) is 0 Å². The zero-order valence-corrected chi connectivity index (χ0v) is 14.5. The summed E-state index contributed by atoms with van der Waals surface area (Å²) in [6, 6.07) is 14.2. The first kappa shape index (κ1) is 16.8. The maximum atomic E-state index is 12.7. The average Bonchev–Trinajstić information content (AvgIpc) is 3.22. The Kier molecular flexibility index (Phi) is 4.12. The molecule has 0 aliphatic carbocycles. The molecule has 0 bridgehead atoms. The van der Waals surface area contributed by atoms with Crippen LogP contribution in [0.2, 0.25) is 0 Å². The number of aromatic amines is 1. The Morgan fingerprint density at radius 3 is 2.74 bits per heavy atom. The number of nitrogens with one attached hydrogen (secondary N) is 1. The van der Waals surface area contributed by atoms with E-state index in [1.165, 1.54) is 11.5 Å². The third-order valence-corrected chi connectivity index (χ3v) is 4.39. The van der Waals surface area contributed by atoms with E-state index < -0.39 is 17.8 Å². The van der Waals surface area contributed by atoms with Gasteiger partial charge in [-0.25, -0.2) is 4.79 Å². The van der Waals surface area contributed by atoms with Gasteiger partial charge in [-0.1, -0.05) is 30.3 Å². The highest BCUT2D eigenvalue weighted by Gasteiger charge is 2.23. The molecule has 4 aromatic rings. The van der Waals surface area contributed by atoms with Gasteiger partial charge >= 0.3 is 11.7 Å². The number of para-hydroxylation sites is 3. The molecule has 2 heterocycles. The van der Waals surface area contributed by atoms with Crippen LogP contribution in [0.15, 0.2) is 63.9 Å². The number of rotatable bonds is 5. The molecule has 1 atom stereocenters. The first-order valence-corrected chi connectivity index (χ1v) is 8.43. The molecule has 27 heavy (non-hydrogen) atoms. The molecule has 0 fully saturated rings. The molecule has 0 radical (unpaired) electrons. The van der Waals surface area contributed by atoms with E-state index in [1.54, 1.807) is 30.5 Å². The molecule has 7 nitrogen and oxygen atoms in total. The molecule has 0 aliphatic rings. The predicted octanol–water partition coefficient (Wildman–Crippen LogP) is 2.89. The fourth-order valence-corrected chi connectivity index (χ4v) is 3.08. The summed E-state index contributed by atoms with van der Waals surface area (Å²) in [6.45, 7) is 1.18. The number of ether oxygens (including phenoxy) is 1. The number of H-pyrrole nitrogens is 1. The summed E-state index contributed by atoms with van der Waals surface area (Å²) in [5.74, 6) is -1.65. The SMILES string of the molecule is CC(OC(=O)Cn1c(=O)oc2ccccc21)C(=O)c1c[nH]c2ccccc12. The van der Waals surface area contributed by atoms with Gasteiger partial charge in [0.05, 0.1) is 5.52 Å². The maximum Gasteiger partial charge on any atom is 0.420 e. The molecule has 4 rings (SSSR count). The number of carbonyl (C=O) groups is 2. The van der Waals surface area contributed by atoms with Gasteiger partial charge < -0.3 is 14.1 Å². The fraction of sp³-hybridized carbons (Fsp3) is 0.150. The van der Waals surface area contributed by atoms with Crippen LogP contribution in [0, 0.1) is 0 Å². The maximum absolute atomic E-state index is 12.7. The minimum Gasteiger partial charge on any atom is -0.453 e. The Balaban J connectivity index is 1.51. The van der Waals surface area contributed by atoms with Crippen LogP contribution in [-0.4, -0.2) is 27.4 Å². The van der Waals surface area contributed by atoms with Gasteiger partial charge in [0.1, 0.15) is 6.54 Å². The topological polar surface area (TPSA) is 94.3 Å². The number of hydrogen-bond donors (Lipinski definition) is 1. The third-order valence-electron chi connectivity index (χ3n) is 4.39. The van der Waals surface area contributed by atoms with Gasteiger partial charge in [0, 0.05) is 22.7 Å². The first-order valence-electron chi connectivity index (χ1n) is 8.43. The largest absolute Gasteiger partial charge is 0.453 e. The third kappa shape index (κ3) is 3.03. The Bertz CT molecular complexity index is 1210. The quantitative estimate of drug-likeness (QED) is 0.434. The van der Waals surface area contributed by atoms with Crippen molar-refractivity contribution in [2.75, 3.05) is 0 Å². The van der Waals surface area contributed by atoms with Crippen molar-refractivity contribution in [2.24, 2.45) is 0 Å². The lowest BCUT2D eigenvalue weighted by molar-refractivity contribution is -0.147. The highest BCUT2D eigenvalue weighted by atomic mass is 16.5. The first-order chi connectivity index (χ1) is 13.0. The number of hydrogen-bond acceptors (Lipinski definition) is 5. The van der Waals surface area contributed by atoms with Gasteiger partial charge in [0.2, 0.25) is 5.78 Å². The normalized spacial score (nSPS) is 12.3. The number of ketones is 1. The van der Waals surface area contributed by atoms with Gasteiger partial charge in [-0.2, -0.15) is 0 Å². The number of Topliss-reactive ketones (excluding diaryl/α,β-unsaturated/α-hetero) is 1. The van der Waals surface area contributed by atoms with Crippen molar-refractivity contribution in [1.82, 2.24) is 9.55 Å². The van der Waals surface area contributed by atoms with Crippen molar-refractivity contribution in [2.45, 2.75) is 19.6 Å². The van der Waals surface area contributed by atoms with Crippen molar-refractivity contribution in [3.63, 3.8) is 0 Å². The molecule has 0 amide bonds. The Morgan fingerprint density at radius 1 is 1.15 bits per heavy atom. The summed E-state index contributed by atoms with van der Waals surface area (Å²) < 4.78 is 11.5. The molecule has 2 aromatic carbocycles. The Hall–Kier alpha value is -3.61. The van der Waals surface area contributed by atoms with Crippen molar-refractivity contribution in [3.05, 3.63) is 70.8 Å². The van der Waals surface area contributed by atoms with Crippen molar-refractivity contribution in [1.29, 1.82) is 0 Å². The molecular weight excluding hydrogens is 348 g/mol. The van der Waals surface area contributed by atoms with E-state index in [-0.39, 0.29) is 12.3 Å². The fourth-order valence-electron chi connectivity index (χ4n) is 3.08. The van der Waals surface area contributed by atoms with E-state index in [0.717, 1.165) is 10.9 Å². The second kappa shape index (κ2) is 6.60. The van der Waals surface area contributed by atoms with E-state index in [4.69, 9.17) is 9.15 Å². The zero-order valence-electron chi connectivity index (χ0n) is 14.5. The number of aromatic nitrogens is 2. The van der Waals surface area contributed by atoms with Crippen LogP contribution in [0.3, 0.4) is 0 Å². The number of nitrogens with zero attached hydrogens (tertiary/aromatic N) is 1. The second-order valence-corrected chi connectivity index (χ2v) is 6.17. The summed E-state index contributed by atoms with van der Waals surface area (Å²) in [5, 5.41) is 0.766. The van der Waals surface area contributed by atoms with Crippen LogP contribution >= 0.6 is 0 Å². The Labute approximate surface area is 153 Å². The van der Waals surface area contributed by atoms with E-state index in [0.29, 0.717) is 16.7 Å². The molecule has 0 saturated heterocycles. The zero-order chi connectivity index (χ0) is 19.0. The van der Waals surface area contributed by atoms with Gasteiger partial charge in [-0.05, 0) is 25.1 Å². The lowest BCUT2D eigenvalue weighted by Gasteiger charge is -2.12.